The Hall–Kier alpha value is -2.76. The predicted octanol–water partition coefficient (Wildman–Crippen LogP) is 2.56. The van der Waals surface area contributed by atoms with Crippen LogP contribution in [-0.4, -0.2) is 25.5 Å². The third-order valence-corrected chi connectivity index (χ3v) is 3.47. The largest absolute Gasteiger partial charge is 0.319 e. The Morgan fingerprint density at radius 3 is 2.77 bits per heavy atom. The first-order valence-electron chi connectivity index (χ1n) is 7.18. The van der Waals surface area contributed by atoms with Crippen LogP contribution >= 0.6 is 0 Å². The lowest BCUT2D eigenvalue weighted by molar-refractivity contribution is 0.101. The number of aryl methyl sites for hydroxylation is 3. The first-order chi connectivity index (χ1) is 10.6. The van der Waals surface area contributed by atoms with Crippen molar-refractivity contribution in [1.29, 1.82) is 0 Å². The second-order valence-electron chi connectivity index (χ2n) is 5.15. The summed E-state index contributed by atoms with van der Waals surface area (Å²) in [7, 11) is 0. The van der Waals surface area contributed by atoms with Crippen molar-refractivity contribution < 1.29 is 4.79 Å². The van der Waals surface area contributed by atoms with E-state index < -0.39 is 0 Å². The molecule has 0 unspecified atom stereocenters. The highest BCUT2D eigenvalue weighted by Crippen LogP contribution is 2.16. The van der Waals surface area contributed by atoms with E-state index in [-0.39, 0.29) is 11.7 Å². The van der Waals surface area contributed by atoms with Gasteiger partial charge in [-0.05, 0) is 38.0 Å². The number of aromatic nitrogens is 4. The van der Waals surface area contributed by atoms with E-state index in [0.717, 1.165) is 29.1 Å². The van der Waals surface area contributed by atoms with Crippen LogP contribution in [0.25, 0.3) is 5.78 Å². The smallest absolute Gasteiger partial charge is 0.295 e. The lowest BCUT2D eigenvalue weighted by atomic mass is 10.1. The van der Waals surface area contributed by atoms with Gasteiger partial charge in [-0.25, -0.2) is 9.50 Å². The molecule has 0 radical (unpaired) electrons. The van der Waals surface area contributed by atoms with E-state index >= 15 is 0 Å². The van der Waals surface area contributed by atoms with Crippen molar-refractivity contribution in [3.05, 3.63) is 53.1 Å². The Morgan fingerprint density at radius 1 is 1.23 bits per heavy atom. The third-order valence-electron chi connectivity index (χ3n) is 3.47. The van der Waals surface area contributed by atoms with Gasteiger partial charge in [0.25, 0.3) is 11.7 Å². The molecule has 0 saturated carbocycles. The number of fused-ring (bicyclic) bond motifs is 1. The number of rotatable bonds is 3. The van der Waals surface area contributed by atoms with E-state index in [0.29, 0.717) is 5.78 Å². The minimum atomic E-state index is -0.330. The second kappa shape index (κ2) is 5.55. The molecule has 1 N–H and O–H groups in total. The van der Waals surface area contributed by atoms with E-state index in [1.807, 2.05) is 51.1 Å². The van der Waals surface area contributed by atoms with Gasteiger partial charge in [0, 0.05) is 17.1 Å². The number of benzene rings is 1. The Morgan fingerprint density at radius 2 is 2.00 bits per heavy atom. The minimum absolute atomic E-state index is 0.118. The van der Waals surface area contributed by atoms with E-state index in [2.05, 4.69) is 20.4 Å². The molecule has 0 atom stereocenters. The second-order valence-corrected chi connectivity index (χ2v) is 5.15. The zero-order valence-electron chi connectivity index (χ0n) is 12.8. The lowest BCUT2D eigenvalue weighted by Gasteiger charge is -2.07. The third kappa shape index (κ3) is 2.55. The lowest BCUT2D eigenvalue weighted by Crippen LogP contribution is -2.15. The zero-order valence-corrected chi connectivity index (χ0v) is 12.8. The molecule has 22 heavy (non-hydrogen) atoms. The Bertz CT molecular complexity index is 853. The molecule has 3 aromatic rings. The Kier molecular flexibility index (Phi) is 3.58. The first kappa shape index (κ1) is 14.2. The number of hydrogen-bond donors (Lipinski definition) is 1. The molecule has 0 aliphatic carbocycles. The van der Waals surface area contributed by atoms with E-state index in [4.69, 9.17) is 0 Å². The average Bonchev–Trinajstić information content (AvgIpc) is 2.92. The fourth-order valence-corrected chi connectivity index (χ4v) is 2.39. The maximum Gasteiger partial charge on any atom is 0.295 e. The molecule has 0 spiro atoms. The summed E-state index contributed by atoms with van der Waals surface area (Å²) in [6.07, 6.45) is 0.842. The van der Waals surface area contributed by atoms with Crippen molar-refractivity contribution >= 4 is 17.4 Å². The molecule has 0 aliphatic rings. The SMILES string of the molecule is CCc1ccccc1NC(=O)c1nc2nc(C)cc(C)n2n1. The number of anilines is 1. The van der Waals surface area contributed by atoms with Gasteiger partial charge in [-0.3, -0.25) is 4.79 Å². The van der Waals surface area contributed by atoms with Crippen LogP contribution in [0.2, 0.25) is 0 Å². The zero-order chi connectivity index (χ0) is 15.7. The van der Waals surface area contributed by atoms with Gasteiger partial charge < -0.3 is 5.32 Å². The first-order valence-corrected chi connectivity index (χ1v) is 7.18. The molecule has 6 heteroatoms. The molecule has 6 nitrogen and oxygen atoms in total. The summed E-state index contributed by atoms with van der Waals surface area (Å²) in [6.45, 7) is 5.84. The van der Waals surface area contributed by atoms with Crippen LogP contribution in [0.5, 0.6) is 0 Å². The van der Waals surface area contributed by atoms with Crippen LogP contribution in [0.3, 0.4) is 0 Å². The fraction of sp³-hybridized carbons (Fsp3) is 0.250. The molecule has 0 aliphatic heterocycles. The predicted molar refractivity (Wildman–Crippen MR) is 84.0 cm³/mol. The van der Waals surface area contributed by atoms with Crippen LogP contribution in [0, 0.1) is 13.8 Å². The van der Waals surface area contributed by atoms with Crippen LogP contribution in [0.1, 0.15) is 34.5 Å². The molecule has 112 valence electrons. The number of nitrogens with one attached hydrogen (secondary N) is 1. The standard InChI is InChI=1S/C16H17N5O/c1-4-12-7-5-6-8-13(12)18-15(22)14-19-16-17-10(2)9-11(3)21(16)20-14/h5-9H,4H2,1-3H3,(H,18,22). The summed E-state index contributed by atoms with van der Waals surface area (Å²) in [5.74, 6) is 0.224. The quantitative estimate of drug-likeness (QED) is 0.806. The maximum absolute atomic E-state index is 12.4. The number of hydrogen-bond acceptors (Lipinski definition) is 4. The van der Waals surface area contributed by atoms with Crippen LogP contribution < -0.4 is 5.32 Å². The number of carbonyl (C=O) groups is 1. The van der Waals surface area contributed by atoms with Crippen molar-refractivity contribution in [2.75, 3.05) is 5.32 Å². The summed E-state index contributed by atoms with van der Waals surface area (Å²) in [5.41, 5.74) is 3.60. The van der Waals surface area contributed by atoms with Gasteiger partial charge in [-0.1, -0.05) is 25.1 Å². The van der Waals surface area contributed by atoms with Crippen molar-refractivity contribution in [1.82, 2.24) is 19.6 Å². The molecule has 0 saturated heterocycles. The highest BCUT2D eigenvalue weighted by Gasteiger charge is 2.16. The van der Waals surface area contributed by atoms with Gasteiger partial charge in [-0.2, -0.15) is 4.98 Å². The maximum atomic E-state index is 12.4. The molecule has 0 bridgehead atoms. The molecule has 1 amide bonds. The van der Waals surface area contributed by atoms with Crippen molar-refractivity contribution in [3.8, 4) is 0 Å². The normalized spacial score (nSPS) is 10.9. The average molecular weight is 295 g/mol. The highest BCUT2D eigenvalue weighted by atomic mass is 16.2. The van der Waals surface area contributed by atoms with Gasteiger partial charge in [-0.15, -0.1) is 5.10 Å². The van der Waals surface area contributed by atoms with Crippen molar-refractivity contribution in [2.24, 2.45) is 0 Å². The van der Waals surface area contributed by atoms with Crippen LogP contribution in [-0.2, 0) is 6.42 Å². The summed E-state index contributed by atoms with van der Waals surface area (Å²) in [4.78, 5) is 20.9. The summed E-state index contributed by atoms with van der Waals surface area (Å²) in [6, 6.07) is 9.60. The van der Waals surface area contributed by atoms with Gasteiger partial charge in [0.05, 0.1) is 0 Å². The Labute approximate surface area is 128 Å². The topological polar surface area (TPSA) is 72.2 Å². The number of carbonyl (C=O) groups excluding carboxylic acids is 1. The monoisotopic (exact) mass is 295 g/mol. The Balaban J connectivity index is 1.94. The molecule has 3 rings (SSSR count). The van der Waals surface area contributed by atoms with Crippen LogP contribution in [0.4, 0.5) is 5.69 Å². The highest BCUT2D eigenvalue weighted by molar-refractivity contribution is 6.02. The molecular weight excluding hydrogens is 278 g/mol. The summed E-state index contributed by atoms with van der Waals surface area (Å²) < 4.78 is 1.58. The molecular formula is C16H17N5O. The number of para-hydroxylation sites is 1. The van der Waals surface area contributed by atoms with Gasteiger partial charge in [0.1, 0.15) is 0 Å². The van der Waals surface area contributed by atoms with Crippen molar-refractivity contribution in [2.45, 2.75) is 27.2 Å². The van der Waals surface area contributed by atoms with Crippen molar-refractivity contribution in [3.63, 3.8) is 0 Å². The molecule has 2 heterocycles. The number of amides is 1. The number of nitrogens with zero attached hydrogens (tertiary/aromatic N) is 4. The minimum Gasteiger partial charge on any atom is -0.319 e. The summed E-state index contributed by atoms with van der Waals surface area (Å²) in [5, 5.41) is 7.10. The molecule has 1 aromatic carbocycles. The molecule has 0 fully saturated rings. The molecule has 2 aromatic heterocycles. The summed E-state index contributed by atoms with van der Waals surface area (Å²) >= 11 is 0. The van der Waals surface area contributed by atoms with E-state index in [9.17, 15) is 4.79 Å². The van der Waals surface area contributed by atoms with Crippen LogP contribution in [0.15, 0.2) is 30.3 Å². The van der Waals surface area contributed by atoms with Gasteiger partial charge in [0.2, 0.25) is 5.82 Å². The fourth-order valence-electron chi connectivity index (χ4n) is 2.39. The van der Waals surface area contributed by atoms with Gasteiger partial charge >= 0.3 is 0 Å². The van der Waals surface area contributed by atoms with Gasteiger partial charge in [0.15, 0.2) is 0 Å². The van der Waals surface area contributed by atoms with E-state index in [1.165, 1.54) is 0 Å². The van der Waals surface area contributed by atoms with E-state index in [1.54, 1.807) is 4.52 Å².